The van der Waals surface area contributed by atoms with Gasteiger partial charge in [-0.05, 0) is 43.2 Å². The summed E-state index contributed by atoms with van der Waals surface area (Å²) in [6.45, 7) is 2.56. The van der Waals surface area contributed by atoms with Crippen LogP contribution in [0.1, 0.15) is 25.3 Å². The van der Waals surface area contributed by atoms with Crippen LogP contribution in [0.4, 0.5) is 5.69 Å². The van der Waals surface area contributed by atoms with Gasteiger partial charge in [0.05, 0.1) is 12.7 Å². The lowest BCUT2D eigenvalue weighted by atomic mass is 10.1. The first-order valence-corrected chi connectivity index (χ1v) is 9.63. The van der Waals surface area contributed by atoms with E-state index in [1.165, 1.54) is 5.56 Å². The molecule has 27 heavy (non-hydrogen) atoms. The summed E-state index contributed by atoms with van der Waals surface area (Å²) < 4.78 is 2.89. The summed E-state index contributed by atoms with van der Waals surface area (Å²) in [4.78, 5) is 11.7. The lowest BCUT2D eigenvalue weighted by molar-refractivity contribution is -0.114. The number of carbonyl (C=O) groups excluding carboxylic acids is 1. The van der Waals surface area contributed by atoms with Gasteiger partial charge in [-0.3, -0.25) is 4.79 Å². The molecule has 0 unspecified atom stereocenters. The molecule has 136 valence electrons. The highest BCUT2D eigenvalue weighted by molar-refractivity contribution is 9.10. The van der Waals surface area contributed by atoms with Crippen LogP contribution in [0, 0.1) is 0 Å². The molecule has 0 saturated carbocycles. The SMILES string of the molecule is CC1=C(Nc2cccc(-c3cn(Cc4ccc(Br)cc4)nn3)c2)CCC1=O. The molecule has 3 aromatic rings. The molecule has 4 rings (SSSR count). The number of benzene rings is 2. The second-order valence-corrected chi connectivity index (χ2v) is 7.58. The minimum atomic E-state index is 0.226. The van der Waals surface area contributed by atoms with Crippen LogP contribution in [0.25, 0.3) is 11.3 Å². The van der Waals surface area contributed by atoms with E-state index in [1.807, 2.05) is 54.2 Å². The summed E-state index contributed by atoms with van der Waals surface area (Å²) in [6, 6.07) is 16.2. The fraction of sp³-hybridized carbons (Fsp3) is 0.190. The average Bonchev–Trinajstić information content (AvgIpc) is 3.26. The van der Waals surface area contributed by atoms with Crippen LogP contribution in [0.2, 0.25) is 0 Å². The highest BCUT2D eigenvalue weighted by Gasteiger charge is 2.19. The number of Topliss-reactive ketones (excluding diaryl/α,β-unsaturated/α-hetero) is 1. The van der Waals surface area contributed by atoms with Crippen molar-refractivity contribution < 1.29 is 4.79 Å². The van der Waals surface area contributed by atoms with Crippen LogP contribution in [-0.2, 0) is 11.3 Å². The van der Waals surface area contributed by atoms with Crippen molar-refractivity contribution in [1.29, 1.82) is 0 Å². The Hall–Kier alpha value is -2.73. The maximum atomic E-state index is 11.7. The van der Waals surface area contributed by atoms with E-state index in [0.29, 0.717) is 13.0 Å². The van der Waals surface area contributed by atoms with Gasteiger partial charge in [-0.2, -0.15) is 0 Å². The summed E-state index contributed by atoms with van der Waals surface area (Å²) in [5, 5.41) is 11.9. The van der Waals surface area contributed by atoms with Gasteiger partial charge < -0.3 is 5.32 Å². The molecule has 2 aromatic carbocycles. The number of anilines is 1. The van der Waals surface area contributed by atoms with Crippen LogP contribution < -0.4 is 5.32 Å². The van der Waals surface area contributed by atoms with Crippen molar-refractivity contribution in [3.05, 3.63) is 76.0 Å². The van der Waals surface area contributed by atoms with E-state index in [-0.39, 0.29) is 5.78 Å². The third-order valence-corrected chi connectivity index (χ3v) is 5.25. The average molecular weight is 423 g/mol. The molecule has 0 spiro atoms. The number of rotatable bonds is 5. The monoisotopic (exact) mass is 422 g/mol. The minimum Gasteiger partial charge on any atom is -0.359 e. The Morgan fingerprint density at radius 2 is 1.96 bits per heavy atom. The van der Waals surface area contributed by atoms with Crippen molar-refractivity contribution >= 4 is 27.4 Å². The second kappa shape index (κ2) is 7.48. The van der Waals surface area contributed by atoms with Crippen molar-refractivity contribution in [2.24, 2.45) is 0 Å². The maximum absolute atomic E-state index is 11.7. The van der Waals surface area contributed by atoms with E-state index in [2.05, 4.69) is 43.7 Å². The predicted octanol–water partition coefficient (Wildman–Crippen LogP) is 4.80. The fourth-order valence-corrected chi connectivity index (χ4v) is 3.42. The summed E-state index contributed by atoms with van der Waals surface area (Å²) in [5.74, 6) is 0.226. The van der Waals surface area contributed by atoms with Crippen molar-refractivity contribution in [1.82, 2.24) is 15.0 Å². The molecule has 1 aromatic heterocycles. The van der Waals surface area contributed by atoms with Crippen molar-refractivity contribution in [3.8, 4) is 11.3 Å². The number of halogens is 1. The van der Waals surface area contributed by atoms with E-state index in [9.17, 15) is 4.79 Å². The molecule has 0 bridgehead atoms. The molecule has 0 amide bonds. The van der Waals surface area contributed by atoms with E-state index >= 15 is 0 Å². The second-order valence-electron chi connectivity index (χ2n) is 6.66. The molecule has 1 heterocycles. The van der Waals surface area contributed by atoms with Gasteiger partial charge in [-0.25, -0.2) is 4.68 Å². The van der Waals surface area contributed by atoms with Gasteiger partial charge in [0.25, 0.3) is 0 Å². The largest absolute Gasteiger partial charge is 0.359 e. The van der Waals surface area contributed by atoms with Crippen LogP contribution in [0.5, 0.6) is 0 Å². The van der Waals surface area contributed by atoms with E-state index in [4.69, 9.17) is 0 Å². The summed E-state index contributed by atoms with van der Waals surface area (Å²) in [5.41, 5.74) is 5.78. The maximum Gasteiger partial charge on any atom is 0.160 e. The van der Waals surface area contributed by atoms with Crippen LogP contribution in [0.3, 0.4) is 0 Å². The highest BCUT2D eigenvalue weighted by atomic mass is 79.9. The zero-order valence-corrected chi connectivity index (χ0v) is 16.5. The van der Waals surface area contributed by atoms with Crippen LogP contribution >= 0.6 is 15.9 Å². The summed E-state index contributed by atoms with van der Waals surface area (Å²) >= 11 is 3.45. The van der Waals surface area contributed by atoms with Gasteiger partial charge in [-0.1, -0.05) is 45.4 Å². The van der Waals surface area contributed by atoms with Gasteiger partial charge in [-0.15, -0.1) is 5.10 Å². The Labute approximate surface area is 166 Å². The molecule has 1 N–H and O–H groups in total. The Morgan fingerprint density at radius 1 is 1.15 bits per heavy atom. The van der Waals surface area contributed by atoms with Gasteiger partial charge in [0.15, 0.2) is 5.78 Å². The third kappa shape index (κ3) is 4.01. The fourth-order valence-electron chi connectivity index (χ4n) is 3.15. The first-order chi connectivity index (χ1) is 13.1. The number of nitrogens with zero attached hydrogens (tertiary/aromatic N) is 3. The molecule has 0 atom stereocenters. The smallest absolute Gasteiger partial charge is 0.160 e. The predicted molar refractivity (Wildman–Crippen MR) is 109 cm³/mol. The zero-order valence-electron chi connectivity index (χ0n) is 14.9. The van der Waals surface area contributed by atoms with Crippen LogP contribution in [-0.4, -0.2) is 20.8 Å². The van der Waals surface area contributed by atoms with Gasteiger partial charge >= 0.3 is 0 Å². The number of allylic oxidation sites excluding steroid dienone is 2. The van der Waals surface area contributed by atoms with E-state index in [1.54, 1.807) is 0 Å². The summed E-state index contributed by atoms with van der Waals surface area (Å²) in [7, 11) is 0. The standard InChI is InChI=1S/C21H19BrN4O/c1-14-19(9-10-21(14)27)23-18-4-2-3-16(11-18)20-13-26(25-24-20)12-15-5-7-17(22)8-6-15/h2-8,11,13,23H,9-10,12H2,1H3. The van der Waals surface area contributed by atoms with Gasteiger partial charge in [0.1, 0.15) is 5.69 Å². The lowest BCUT2D eigenvalue weighted by Gasteiger charge is -2.09. The third-order valence-electron chi connectivity index (χ3n) is 4.72. The van der Waals surface area contributed by atoms with Crippen molar-refractivity contribution in [3.63, 3.8) is 0 Å². The molecule has 0 radical (unpaired) electrons. The van der Waals surface area contributed by atoms with E-state index in [0.717, 1.165) is 39.1 Å². The van der Waals surface area contributed by atoms with E-state index < -0.39 is 0 Å². The number of hydrogen-bond acceptors (Lipinski definition) is 4. The Kier molecular flexibility index (Phi) is 4.90. The van der Waals surface area contributed by atoms with Crippen molar-refractivity contribution in [2.45, 2.75) is 26.3 Å². The Bertz CT molecular complexity index is 1020. The van der Waals surface area contributed by atoms with Gasteiger partial charge in [0, 0.05) is 33.4 Å². The first-order valence-electron chi connectivity index (χ1n) is 8.83. The molecule has 5 nitrogen and oxygen atoms in total. The molecular formula is C21H19BrN4O. The molecule has 1 aliphatic carbocycles. The quantitative estimate of drug-likeness (QED) is 0.640. The molecule has 0 fully saturated rings. The van der Waals surface area contributed by atoms with Crippen LogP contribution in [0.15, 0.2) is 70.5 Å². The molecule has 0 aliphatic heterocycles. The number of aromatic nitrogens is 3. The molecule has 6 heteroatoms. The highest BCUT2D eigenvalue weighted by Crippen LogP contribution is 2.27. The molecule has 1 aliphatic rings. The summed E-state index contributed by atoms with van der Waals surface area (Å²) in [6.07, 6.45) is 3.32. The van der Waals surface area contributed by atoms with Gasteiger partial charge in [0.2, 0.25) is 0 Å². The Morgan fingerprint density at radius 3 is 2.70 bits per heavy atom. The molecule has 0 saturated heterocycles. The zero-order chi connectivity index (χ0) is 18.8. The number of nitrogens with one attached hydrogen (secondary N) is 1. The minimum absolute atomic E-state index is 0.226. The lowest BCUT2D eigenvalue weighted by Crippen LogP contribution is -2.00. The normalized spacial score (nSPS) is 14.1. The number of hydrogen-bond donors (Lipinski definition) is 1. The number of ketones is 1. The number of carbonyl (C=O) groups is 1. The topological polar surface area (TPSA) is 59.8 Å². The molecular weight excluding hydrogens is 404 g/mol. The van der Waals surface area contributed by atoms with Crippen molar-refractivity contribution in [2.75, 3.05) is 5.32 Å². The Balaban J connectivity index is 1.51. The first kappa shape index (κ1) is 17.7.